The van der Waals surface area contributed by atoms with Crippen molar-refractivity contribution in [2.45, 2.75) is 6.92 Å². The van der Waals surface area contributed by atoms with Gasteiger partial charge in [-0.3, -0.25) is 4.79 Å². The van der Waals surface area contributed by atoms with Gasteiger partial charge < -0.3 is 29.0 Å². The molecule has 7 heteroatoms. The molecule has 1 N–H and O–H groups in total. The van der Waals surface area contributed by atoms with Gasteiger partial charge in [0.15, 0.2) is 0 Å². The van der Waals surface area contributed by atoms with Crippen LogP contribution in [-0.4, -0.2) is 79.0 Å². The van der Waals surface area contributed by atoms with E-state index in [1.165, 1.54) is 0 Å². The van der Waals surface area contributed by atoms with E-state index in [-0.39, 0.29) is 5.91 Å². The fourth-order valence-electron chi connectivity index (χ4n) is 1.29. The molecular formula is C15H29NO6. The Morgan fingerprint density at radius 3 is 1.64 bits per heavy atom. The van der Waals surface area contributed by atoms with Crippen molar-refractivity contribution in [2.75, 3.05) is 73.1 Å². The quantitative estimate of drug-likeness (QED) is 0.328. The maximum Gasteiger partial charge on any atom is 0.246 e. The van der Waals surface area contributed by atoms with Crippen molar-refractivity contribution in [1.29, 1.82) is 0 Å². The number of carbonyl (C=O) groups excluding carboxylic acids is 1. The number of hydrogen-bond donors (Lipinski definition) is 1. The van der Waals surface area contributed by atoms with Crippen molar-refractivity contribution in [3.05, 3.63) is 12.2 Å². The van der Waals surface area contributed by atoms with Crippen molar-refractivity contribution in [3.8, 4) is 0 Å². The highest BCUT2D eigenvalue weighted by Crippen LogP contribution is 1.85. The van der Waals surface area contributed by atoms with Gasteiger partial charge in [-0.25, -0.2) is 0 Å². The van der Waals surface area contributed by atoms with Crippen LogP contribution in [0.1, 0.15) is 6.92 Å². The Morgan fingerprint density at radius 2 is 1.23 bits per heavy atom. The summed E-state index contributed by atoms with van der Waals surface area (Å²) in [6.45, 7) is 10.5. The highest BCUT2D eigenvalue weighted by atomic mass is 16.6. The largest absolute Gasteiger partial charge is 0.382 e. The molecule has 0 saturated carbocycles. The summed E-state index contributed by atoms with van der Waals surface area (Å²) in [5, 5.41) is 2.68. The summed E-state index contributed by atoms with van der Waals surface area (Å²) in [6.07, 6.45) is 0. The van der Waals surface area contributed by atoms with Gasteiger partial charge in [0, 0.05) is 19.2 Å². The Morgan fingerprint density at radius 1 is 0.818 bits per heavy atom. The number of methoxy groups -OCH3 is 1. The van der Waals surface area contributed by atoms with Crippen LogP contribution in [0, 0.1) is 0 Å². The molecule has 7 nitrogen and oxygen atoms in total. The highest BCUT2D eigenvalue weighted by molar-refractivity contribution is 5.91. The molecule has 0 aromatic carbocycles. The molecule has 0 atom stereocenters. The number of amides is 1. The smallest absolute Gasteiger partial charge is 0.246 e. The summed E-state index contributed by atoms with van der Waals surface area (Å²) in [6, 6.07) is 0. The SMILES string of the molecule is C=C(C)C(=O)NCCOCCOCCOCCOCCOC. The molecule has 0 spiro atoms. The summed E-state index contributed by atoms with van der Waals surface area (Å²) < 4.78 is 26.0. The summed E-state index contributed by atoms with van der Waals surface area (Å²) in [7, 11) is 1.64. The van der Waals surface area contributed by atoms with Gasteiger partial charge in [-0.1, -0.05) is 6.58 Å². The Kier molecular flexibility index (Phi) is 15.6. The van der Waals surface area contributed by atoms with Crippen molar-refractivity contribution < 1.29 is 28.5 Å². The zero-order chi connectivity index (χ0) is 16.5. The molecule has 0 radical (unpaired) electrons. The van der Waals surface area contributed by atoms with Crippen molar-refractivity contribution in [1.82, 2.24) is 5.32 Å². The lowest BCUT2D eigenvalue weighted by molar-refractivity contribution is -0.117. The van der Waals surface area contributed by atoms with Crippen molar-refractivity contribution >= 4 is 5.91 Å². The topological polar surface area (TPSA) is 75.3 Å². The molecule has 0 bridgehead atoms. The third-order valence-corrected chi connectivity index (χ3v) is 2.47. The van der Waals surface area contributed by atoms with E-state index in [2.05, 4.69) is 11.9 Å². The van der Waals surface area contributed by atoms with Crippen LogP contribution in [0.15, 0.2) is 12.2 Å². The van der Waals surface area contributed by atoms with E-state index in [1.54, 1.807) is 14.0 Å². The molecule has 0 rings (SSSR count). The second-order valence-electron chi connectivity index (χ2n) is 4.48. The Hall–Kier alpha value is -0.990. The molecule has 0 aliphatic rings. The van der Waals surface area contributed by atoms with Crippen LogP contribution in [0.25, 0.3) is 0 Å². The van der Waals surface area contributed by atoms with Crippen LogP contribution in [0.3, 0.4) is 0 Å². The molecular weight excluding hydrogens is 290 g/mol. The lowest BCUT2D eigenvalue weighted by Gasteiger charge is -2.08. The van der Waals surface area contributed by atoms with Gasteiger partial charge in [0.25, 0.3) is 0 Å². The van der Waals surface area contributed by atoms with E-state index in [0.717, 1.165) is 0 Å². The van der Waals surface area contributed by atoms with Crippen LogP contribution in [0.2, 0.25) is 0 Å². The summed E-state index contributed by atoms with van der Waals surface area (Å²) >= 11 is 0. The zero-order valence-corrected chi connectivity index (χ0v) is 13.7. The average molecular weight is 319 g/mol. The average Bonchev–Trinajstić information content (AvgIpc) is 2.50. The molecule has 0 fully saturated rings. The molecule has 0 heterocycles. The van der Waals surface area contributed by atoms with Crippen LogP contribution < -0.4 is 5.32 Å². The van der Waals surface area contributed by atoms with Gasteiger partial charge in [-0.15, -0.1) is 0 Å². The third kappa shape index (κ3) is 15.4. The lowest BCUT2D eigenvalue weighted by atomic mass is 10.3. The number of carbonyl (C=O) groups is 1. The number of nitrogens with one attached hydrogen (secondary N) is 1. The van der Waals surface area contributed by atoms with E-state index < -0.39 is 0 Å². The first kappa shape index (κ1) is 21.0. The Balaban J connectivity index is 3.05. The molecule has 0 aromatic rings. The van der Waals surface area contributed by atoms with Crippen LogP contribution in [-0.2, 0) is 28.5 Å². The standard InChI is InChI=1S/C15H29NO6/c1-14(2)15(17)16-4-5-19-8-9-21-12-13-22-11-10-20-7-6-18-3/h1,4-13H2,2-3H3,(H,16,17). The molecule has 1 amide bonds. The molecule has 0 aliphatic heterocycles. The molecule has 130 valence electrons. The second kappa shape index (κ2) is 16.4. The maximum atomic E-state index is 11.2. The Bertz CT molecular complexity index is 285. The van der Waals surface area contributed by atoms with Gasteiger partial charge in [0.2, 0.25) is 5.91 Å². The molecule has 0 aliphatic carbocycles. The highest BCUT2D eigenvalue weighted by Gasteiger charge is 1.99. The summed E-state index contributed by atoms with van der Waals surface area (Å²) in [5.74, 6) is -0.150. The minimum atomic E-state index is -0.150. The molecule has 0 aromatic heterocycles. The minimum Gasteiger partial charge on any atom is -0.382 e. The van der Waals surface area contributed by atoms with Gasteiger partial charge in [0.05, 0.1) is 59.5 Å². The van der Waals surface area contributed by atoms with Crippen molar-refractivity contribution in [3.63, 3.8) is 0 Å². The first-order valence-corrected chi connectivity index (χ1v) is 7.42. The minimum absolute atomic E-state index is 0.150. The van der Waals surface area contributed by atoms with Crippen LogP contribution in [0.5, 0.6) is 0 Å². The van der Waals surface area contributed by atoms with Gasteiger partial charge in [-0.05, 0) is 6.92 Å². The number of hydrogen-bond acceptors (Lipinski definition) is 6. The molecule has 0 saturated heterocycles. The van der Waals surface area contributed by atoms with Gasteiger partial charge in [-0.2, -0.15) is 0 Å². The third-order valence-electron chi connectivity index (χ3n) is 2.47. The van der Waals surface area contributed by atoms with Crippen LogP contribution >= 0.6 is 0 Å². The first-order chi connectivity index (χ1) is 10.7. The van der Waals surface area contributed by atoms with E-state index in [0.29, 0.717) is 71.6 Å². The maximum absolute atomic E-state index is 11.2. The fourth-order valence-corrected chi connectivity index (χ4v) is 1.29. The van der Waals surface area contributed by atoms with Crippen LogP contribution in [0.4, 0.5) is 0 Å². The monoisotopic (exact) mass is 319 g/mol. The number of rotatable bonds is 16. The second-order valence-corrected chi connectivity index (χ2v) is 4.48. The lowest BCUT2D eigenvalue weighted by Crippen LogP contribution is -2.27. The molecule has 0 unspecified atom stereocenters. The predicted octanol–water partition coefficient (Wildman–Crippen LogP) is 0.392. The van der Waals surface area contributed by atoms with E-state index in [1.807, 2.05) is 0 Å². The van der Waals surface area contributed by atoms with E-state index in [4.69, 9.17) is 23.7 Å². The Labute approximate surface area is 132 Å². The summed E-state index contributed by atoms with van der Waals surface area (Å²) in [4.78, 5) is 11.2. The molecule has 22 heavy (non-hydrogen) atoms. The van der Waals surface area contributed by atoms with Crippen molar-refractivity contribution in [2.24, 2.45) is 0 Å². The van der Waals surface area contributed by atoms with E-state index >= 15 is 0 Å². The van der Waals surface area contributed by atoms with Gasteiger partial charge in [0.1, 0.15) is 0 Å². The zero-order valence-electron chi connectivity index (χ0n) is 13.7. The first-order valence-electron chi connectivity index (χ1n) is 7.42. The fraction of sp³-hybridized carbons (Fsp3) is 0.800. The predicted molar refractivity (Wildman–Crippen MR) is 83.0 cm³/mol. The number of ether oxygens (including phenoxy) is 5. The summed E-state index contributed by atoms with van der Waals surface area (Å²) in [5.41, 5.74) is 0.493. The van der Waals surface area contributed by atoms with E-state index in [9.17, 15) is 4.79 Å². The normalized spacial score (nSPS) is 10.6. The van der Waals surface area contributed by atoms with Gasteiger partial charge >= 0.3 is 0 Å².